The fourth-order valence-corrected chi connectivity index (χ4v) is 3.28. The normalized spacial score (nSPS) is 11.4. The number of hydrogen-bond donors (Lipinski definition) is 1. The first kappa shape index (κ1) is 15.4. The Kier molecular flexibility index (Phi) is 4.25. The van der Waals surface area contributed by atoms with Crippen molar-refractivity contribution in [2.75, 3.05) is 0 Å². The van der Waals surface area contributed by atoms with Crippen LogP contribution in [0, 0.1) is 13.8 Å². The molecule has 0 fully saturated rings. The lowest BCUT2D eigenvalue weighted by Crippen LogP contribution is -2.17. The minimum atomic E-state index is -0.236. The van der Waals surface area contributed by atoms with Crippen LogP contribution in [-0.4, -0.2) is 21.7 Å². The standard InChI is InChI=1S/C17H18N4OS/c1-4-21-12(3)19-15-9-13(6-8-16(15)21)17(22)20-18-10-14-7-5-11(2)23-14/h5-10H,4H2,1-3H3,(H,20,22)/b18-10-. The van der Waals surface area contributed by atoms with Gasteiger partial charge >= 0.3 is 0 Å². The molecule has 0 radical (unpaired) electrons. The number of hydrogen-bond acceptors (Lipinski definition) is 4. The number of aromatic nitrogens is 2. The van der Waals surface area contributed by atoms with Crippen LogP contribution in [0.5, 0.6) is 0 Å². The first-order valence-electron chi connectivity index (χ1n) is 7.45. The summed E-state index contributed by atoms with van der Waals surface area (Å²) in [6.45, 7) is 6.94. The molecule has 1 N–H and O–H groups in total. The van der Waals surface area contributed by atoms with Crippen LogP contribution in [0.25, 0.3) is 11.0 Å². The predicted molar refractivity (Wildman–Crippen MR) is 94.3 cm³/mol. The van der Waals surface area contributed by atoms with Gasteiger partial charge in [0.2, 0.25) is 0 Å². The van der Waals surface area contributed by atoms with Gasteiger partial charge in [-0.3, -0.25) is 4.79 Å². The number of imidazole rings is 1. The van der Waals surface area contributed by atoms with Gasteiger partial charge in [-0.2, -0.15) is 5.10 Å². The van der Waals surface area contributed by atoms with Crippen LogP contribution in [0.1, 0.15) is 32.9 Å². The topological polar surface area (TPSA) is 59.3 Å². The van der Waals surface area contributed by atoms with Gasteiger partial charge in [0.05, 0.1) is 17.2 Å². The summed E-state index contributed by atoms with van der Waals surface area (Å²) >= 11 is 1.63. The van der Waals surface area contributed by atoms with E-state index in [0.717, 1.165) is 28.3 Å². The highest BCUT2D eigenvalue weighted by Crippen LogP contribution is 2.18. The number of nitrogens with one attached hydrogen (secondary N) is 1. The van der Waals surface area contributed by atoms with E-state index in [2.05, 4.69) is 27.0 Å². The Hall–Kier alpha value is -2.47. The molecule has 2 aromatic heterocycles. The predicted octanol–water partition coefficient (Wildman–Crippen LogP) is 3.50. The number of benzene rings is 1. The summed E-state index contributed by atoms with van der Waals surface area (Å²) in [6.07, 6.45) is 1.66. The van der Waals surface area contributed by atoms with Crippen molar-refractivity contribution < 1.29 is 4.79 Å². The number of thiophene rings is 1. The highest BCUT2D eigenvalue weighted by atomic mass is 32.1. The Morgan fingerprint density at radius 2 is 2.17 bits per heavy atom. The highest BCUT2D eigenvalue weighted by Gasteiger charge is 2.10. The maximum absolute atomic E-state index is 12.2. The lowest BCUT2D eigenvalue weighted by atomic mass is 10.2. The summed E-state index contributed by atoms with van der Waals surface area (Å²) in [7, 11) is 0. The minimum Gasteiger partial charge on any atom is -0.329 e. The molecule has 23 heavy (non-hydrogen) atoms. The summed E-state index contributed by atoms with van der Waals surface area (Å²) in [6, 6.07) is 9.53. The van der Waals surface area contributed by atoms with Crippen LogP contribution >= 0.6 is 11.3 Å². The van der Waals surface area contributed by atoms with Crippen molar-refractivity contribution in [1.82, 2.24) is 15.0 Å². The van der Waals surface area contributed by atoms with Crippen molar-refractivity contribution in [1.29, 1.82) is 0 Å². The molecular weight excluding hydrogens is 308 g/mol. The second-order valence-electron chi connectivity index (χ2n) is 5.25. The molecular formula is C17H18N4OS. The Morgan fingerprint density at radius 1 is 1.35 bits per heavy atom. The van der Waals surface area contributed by atoms with E-state index in [1.54, 1.807) is 29.7 Å². The molecule has 2 heterocycles. The van der Waals surface area contributed by atoms with Gasteiger partial charge in [0.15, 0.2) is 0 Å². The molecule has 1 aromatic carbocycles. The molecule has 0 aliphatic heterocycles. The summed E-state index contributed by atoms with van der Waals surface area (Å²) in [5.41, 5.74) is 4.98. The summed E-state index contributed by atoms with van der Waals surface area (Å²) in [5, 5.41) is 4.01. The number of nitrogens with zero attached hydrogens (tertiary/aromatic N) is 3. The monoisotopic (exact) mass is 326 g/mol. The fourth-order valence-electron chi connectivity index (χ4n) is 2.53. The third-order valence-electron chi connectivity index (χ3n) is 3.64. The first-order chi connectivity index (χ1) is 11.1. The quantitative estimate of drug-likeness (QED) is 0.589. The number of carbonyl (C=O) groups excluding carboxylic acids is 1. The molecule has 118 valence electrons. The van der Waals surface area contributed by atoms with Gasteiger partial charge in [-0.1, -0.05) is 0 Å². The van der Waals surface area contributed by atoms with E-state index >= 15 is 0 Å². The first-order valence-corrected chi connectivity index (χ1v) is 8.27. The van der Waals surface area contributed by atoms with Crippen molar-refractivity contribution in [2.45, 2.75) is 27.3 Å². The number of hydrazone groups is 1. The van der Waals surface area contributed by atoms with Gasteiger partial charge in [-0.25, -0.2) is 10.4 Å². The fraction of sp³-hybridized carbons (Fsp3) is 0.235. The number of rotatable bonds is 4. The maximum atomic E-state index is 12.2. The highest BCUT2D eigenvalue weighted by molar-refractivity contribution is 7.13. The van der Waals surface area contributed by atoms with E-state index in [1.807, 2.05) is 32.0 Å². The minimum absolute atomic E-state index is 0.236. The SMILES string of the molecule is CCn1c(C)nc2cc(C(=O)N/N=C\c3ccc(C)s3)ccc21. The average Bonchev–Trinajstić information content (AvgIpc) is 3.08. The Bertz CT molecular complexity index is 891. The molecule has 6 heteroatoms. The molecule has 0 unspecified atom stereocenters. The molecule has 0 aliphatic rings. The van der Waals surface area contributed by atoms with Crippen LogP contribution in [0.2, 0.25) is 0 Å². The average molecular weight is 326 g/mol. The molecule has 0 atom stereocenters. The van der Waals surface area contributed by atoms with E-state index in [0.29, 0.717) is 5.56 Å². The van der Waals surface area contributed by atoms with Crippen molar-refractivity contribution >= 4 is 34.5 Å². The van der Waals surface area contributed by atoms with E-state index < -0.39 is 0 Å². The second-order valence-corrected chi connectivity index (χ2v) is 6.57. The van der Waals surface area contributed by atoms with Crippen LogP contribution in [0.15, 0.2) is 35.4 Å². The lowest BCUT2D eigenvalue weighted by Gasteiger charge is -2.02. The molecule has 1 amide bonds. The third kappa shape index (κ3) is 3.17. The van der Waals surface area contributed by atoms with Crippen molar-refractivity contribution in [3.63, 3.8) is 0 Å². The number of carbonyl (C=O) groups is 1. The molecule has 0 aliphatic carbocycles. The number of amides is 1. The van der Waals surface area contributed by atoms with Gasteiger partial charge in [0.25, 0.3) is 5.91 Å². The van der Waals surface area contributed by atoms with Crippen LogP contribution in [0.3, 0.4) is 0 Å². The van der Waals surface area contributed by atoms with E-state index in [1.165, 1.54) is 4.88 Å². The summed E-state index contributed by atoms with van der Waals surface area (Å²) in [4.78, 5) is 18.9. The smallest absolute Gasteiger partial charge is 0.271 e. The zero-order valence-corrected chi connectivity index (χ0v) is 14.1. The van der Waals surface area contributed by atoms with Crippen LogP contribution in [-0.2, 0) is 6.54 Å². The van der Waals surface area contributed by atoms with Gasteiger partial charge in [0.1, 0.15) is 5.82 Å². The Labute approximate surface area is 138 Å². The maximum Gasteiger partial charge on any atom is 0.271 e. The van der Waals surface area contributed by atoms with Gasteiger partial charge in [-0.05, 0) is 51.1 Å². The van der Waals surface area contributed by atoms with E-state index in [-0.39, 0.29) is 5.91 Å². The third-order valence-corrected chi connectivity index (χ3v) is 4.57. The van der Waals surface area contributed by atoms with Crippen molar-refractivity contribution in [3.8, 4) is 0 Å². The second kappa shape index (κ2) is 6.34. The molecule has 0 bridgehead atoms. The molecule has 5 nitrogen and oxygen atoms in total. The van der Waals surface area contributed by atoms with Crippen molar-refractivity contribution in [3.05, 3.63) is 51.5 Å². The molecule has 0 spiro atoms. The molecule has 3 aromatic rings. The van der Waals surface area contributed by atoms with Crippen LogP contribution < -0.4 is 5.43 Å². The van der Waals surface area contributed by atoms with E-state index in [9.17, 15) is 4.79 Å². The van der Waals surface area contributed by atoms with Crippen LogP contribution in [0.4, 0.5) is 0 Å². The van der Waals surface area contributed by atoms with E-state index in [4.69, 9.17) is 0 Å². The van der Waals surface area contributed by atoms with Gasteiger partial charge in [0, 0.05) is 21.9 Å². The number of aryl methyl sites for hydroxylation is 3. The summed E-state index contributed by atoms with van der Waals surface area (Å²) < 4.78 is 2.12. The zero-order chi connectivity index (χ0) is 16.4. The lowest BCUT2D eigenvalue weighted by molar-refractivity contribution is 0.0955. The Balaban J connectivity index is 1.77. The van der Waals surface area contributed by atoms with Gasteiger partial charge < -0.3 is 4.57 Å². The molecule has 0 saturated heterocycles. The van der Waals surface area contributed by atoms with Gasteiger partial charge in [-0.15, -0.1) is 11.3 Å². The molecule has 3 rings (SSSR count). The van der Waals surface area contributed by atoms with Crippen molar-refractivity contribution in [2.24, 2.45) is 5.10 Å². The zero-order valence-electron chi connectivity index (χ0n) is 13.3. The Morgan fingerprint density at radius 3 is 2.87 bits per heavy atom. The summed E-state index contributed by atoms with van der Waals surface area (Å²) in [5.74, 6) is 0.714. The number of fused-ring (bicyclic) bond motifs is 1. The molecule has 0 saturated carbocycles. The largest absolute Gasteiger partial charge is 0.329 e.